The van der Waals surface area contributed by atoms with Crippen LogP contribution >= 0.6 is 0 Å². The van der Waals surface area contributed by atoms with Gasteiger partial charge >= 0.3 is 11.9 Å². The predicted octanol–water partition coefficient (Wildman–Crippen LogP) is 1.33. The maximum absolute atomic E-state index is 13.3. The van der Waals surface area contributed by atoms with E-state index in [0.717, 1.165) is 0 Å². The Morgan fingerprint density at radius 2 is 1.70 bits per heavy atom. The first kappa shape index (κ1) is 24.9. The van der Waals surface area contributed by atoms with Gasteiger partial charge in [-0.25, -0.2) is 9.59 Å². The van der Waals surface area contributed by atoms with Gasteiger partial charge in [-0.05, 0) is 50.8 Å². The zero-order valence-electron chi connectivity index (χ0n) is 19.0. The Labute approximate surface area is 192 Å². The molecular formula is C24H30O9. The van der Waals surface area contributed by atoms with Crippen LogP contribution in [0.15, 0.2) is 24.3 Å². The second-order valence-electron chi connectivity index (χ2n) is 8.54. The van der Waals surface area contributed by atoms with E-state index in [1.165, 1.54) is 7.11 Å². The first-order valence-electron chi connectivity index (χ1n) is 11.1. The Hall–Kier alpha value is -2.78. The summed E-state index contributed by atoms with van der Waals surface area (Å²) in [7, 11) is 1.49. The Balaban J connectivity index is 2.20. The summed E-state index contributed by atoms with van der Waals surface area (Å²) in [5, 5.41) is 23.4. The normalized spacial score (nSPS) is 31.3. The Bertz CT molecular complexity index is 924. The monoisotopic (exact) mass is 462 g/mol. The highest BCUT2D eigenvalue weighted by Gasteiger charge is 2.69. The molecule has 0 aliphatic heterocycles. The van der Waals surface area contributed by atoms with Crippen LogP contribution in [0, 0.1) is 11.8 Å². The summed E-state index contributed by atoms with van der Waals surface area (Å²) in [5.74, 6) is -7.14. The average Bonchev–Trinajstić information content (AvgIpc) is 2.78. The summed E-state index contributed by atoms with van der Waals surface area (Å²) in [4.78, 5) is 51.7. The van der Waals surface area contributed by atoms with Crippen molar-refractivity contribution in [2.24, 2.45) is 11.8 Å². The minimum absolute atomic E-state index is 0.0300. The van der Waals surface area contributed by atoms with Crippen molar-refractivity contribution in [3.05, 3.63) is 29.8 Å². The highest BCUT2D eigenvalue weighted by Crippen LogP contribution is 2.56. The van der Waals surface area contributed by atoms with Crippen LogP contribution in [0.4, 0.5) is 0 Å². The number of carbonyl (C=O) groups is 4. The summed E-state index contributed by atoms with van der Waals surface area (Å²) >= 11 is 0. The molecular weight excluding hydrogens is 432 g/mol. The molecule has 0 spiro atoms. The average molecular weight is 462 g/mol. The van der Waals surface area contributed by atoms with E-state index in [1.54, 1.807) is 38.1 Å². The number of benzene rings is 1. The van der Waals surface area contributed by atoms with Crippen molar-refractivity contribution in [3.63, 3.8) is 0 Å². The number of fused-ring (bicyclic) bond motifs is 1. The van der Waals surface area contributed by atoms with Gasteiger partial charge in [-0.3, -0.25) is 9.59 Å². The van der Waals surface area contributed by atoms with Crippen LogP contribution < -0.4 is 4.74 Å². The van der Waals surface area contributed by atoms with E-state index < -0.39 is 52.5 Å². The van der Waals surface area contributed by atoms with Gasteiger partial charge in [0.1, 0.15) is 11.5 Å². The zero-order valence-corrected chi connectivity index (χ0v) is 19.0. The summed E-state index contributed by atoms with van der Waals surface area (Å²) < 4.78 is 15.2. The molecule has 1 aromatic rings. The number of hydrogen-bond acceptors (Lipinski definition) is 9. The van der Waals surface area contributed by atoms with E-state index in [-0.39, 0.29) is 38.9 Å². The van der Waals surface area contributed by atoms with E-state index in [1.807, 2.05) is 0 Å². The van der Waals surface area contributed by atoms with Crippen LogP contribution in [-0.4, -0.2) is 65.2 Å². The van der Waals surface area contributed by atoms with Crippen molar-refractivity contribution in [1.29, 1.82) is 0 Å². The molecule has 9 heteroatoms. The first-order chi connectivity index (χ1) is 15.6. The zero-order chi connectivity index (χ0) is 24.4. The van der Waals surface area contributed by atoms with Gasteiger partial charge in [0.2, 0.25) is 5.78 Å². The van der Waals surface area contributed by atoms with Gasteiger partial charge in [0.25, 0.3) is 0 Å². The summed E-state index contributed by atoms with van der Waals surface area (Å²) in [6.07, 6.45) is -0.158. The molecule has 2 fully saturated rings. The minimum Gasteiger partial charge on any atom is -0.497 e. The maximum Gasteiger partial charge on any atom is 0.375 e. The summed E-state index contributed by atoms with van der Waals surface area (Å²) in [6.45, 7) is 3.03. The molecule has 0 bridgehead atoms. The molecule has 1 aromatic carbocycles. The lowest BCUT2D eigenvalue weighted by Crippen LogP contribution is -2.70. The molecule has 3 rings (SSSR count). The molecule has 2 aliphatic rings. The van der Waals surface area contributed by atoms with Gasteiger partial charge in [-0.1, -0.05) is 12.1 Å². The van der Waals surface area contributed by atoms with Gasteiger partial charge in [0.15, 0.2) is 5.60 Å². The van der Waals surface area contributed by atoms with Crippen molar-refractivity contribution in [2.75, 3.05) is 20.3 Å². The molecule has 33 heavy (non-hydrogen) atoms. The second-order valence-corrected chi connectivity index (χ2v) is 8.54. The highest BCUT2D eigenvalue weighted by molar-refractivity contribution is 6.35. The van der Waals surface area contributed by atoms with E-state index in [9.17, 15) is 29.4 Å². The number of esters is 2. The maximum atomic E-state index is 13.3. The third-order valence-corrected chi connectivity index (χ3v) is 6.70. The fourth-order valence-electron chi connectivity index (χ4n) is 5.41. The van der Waals surface area contributed by atoms with Crippen LogP contribution in [-0.2, 0) is 28.7 Å². The first-order valence-corrected chi connectivity index (χ1v) is 11.1. The fourth-order valence-corrected chi connectivity index (χ4v) is 5.41. The number of ether oxygens (including phenoxy) is 3. The van der Waals surface area contributed by atoms with Crippen molar-refractivity contribution in [3.8, 4) is 5.75 Å². The lowest BCUT2D eigenvalue weighted by molar-refractivity contribution is -0.220. The number of hydrogen-bond donors (Lipinski definition) is 2. The minimum atomic E-state index is -2.36. The quantitative estimate of drug-likeness (QED) is 0.454. The smallest absolute Gasteiger partial charge is 0.375 e. The highest BCUT2D eigenvalue weighted by atomic mass is 16.6. The van der Waals surface area contributed by atoms with Gasteiger partial charge in [-0.15, -0.1) is 0 Å². The standard InChI is InChI=1S/C24H30O9/c1-4-32-21(27)19(26)18-16(14-8-10-15(31-3)11-9-14)13-24(30,22(28)33-5-2)20-17(25)7-6-12-23(18,20)29/h8-11,16,18,20,29-30H,4-7,12-13H2,1-3H3/t16-,18+,20-,23-,24+/m0/s1. The summed E-state index contributed by atoms with van der Waals surface area (Å²) in [5.41, 5.74) is -4.01. The third-order valence-electron chi connectivity index (χ3n) is 6.70. The number of methoxy groups -OCH3 is 1. The SMILES string of the molecule is CCOC(=O)C(=O)[C@H]1[C@H](c2ccc(OC)cc2)C[C@](O)(C(=O)OCC)[C@H]2C(=O)CCC[C@]12O. The van der Waals surface area contributed by atoms with Crippen LogP contribution in [0.5, 0.6) is 5.75 Å². The number of rotatable bonds is 7. The van der Waals surface area contributed by atoms with E-state index in [4.69, 9.17) is 14.2 Å². The molecule has 2 aliphatic carbocycles. The Kier molecular flexibility index (Phi) is 7.23. The summed E-state index contributed by atoms with van der Waals surface area (Å²) in [6, 6.07) is 6.53. The molecule has 0 radical (unpaired) electrons. The molecule has 0 heterocycles. The van der Waals surface area contributed by atoms with Crippen LogP contribution in [0.3, 0.4) is 0 Å². The molecule has 2 N–H and O–H groups in total. The largest absolute Gasteiger partial charge is 0.497 e. The third kappa shape index (κ3) is 4.27. The number of Topliss-reactive ketones (excluding diaryl/α,β-unsaturated/α-hetero) is 2. The molecule has 0 saturated heterocycles. The van der Waals surface area contributed by atoms with Crippen LogP contribution in [0.25, 0.3) is 0 Å². The number of ketones is 2. The van der Waals surface area contributed by atoms with Crippen molar-refractivity contribution >= 4 is 23.5 Å². The van der Waals surface area contributed by atoms with Crippen molar-refractivity contribution in [1.82, 2.24) is 0 Å². The van der Waals surface area contributed by atoms with Crippen molar-refractivity contribution in [2.45, 2.75) is 56.7 Å². The van der Waals surface area contributed by atoms with Crippen molar-refractivity contribution < 1.29 is 43.6 Å². The molecule has 5 atom stereocenters. The molecule has 0 aromatic heterocycles. The van der Waals surface area contributed by atoms with Gasteiger partial charge in [0, 0.05) is 12.3 Å². The molecule has 180 valence electrons. The predicted molar refractivity (Wildman–Crippen MR) is 114 cm³/mol. The number of aliphatic hydroxyl groups is 2. The van der Waals surface area contributed by atoms with Crippen LogP contribution in [0.2, 0.25) is 0 Å². The topological polar surface area (TPSA) is 136 Å². The lowest BCUT2D eigenvalue weighted by Gasteiger charge is -2.55. The molecule has 0 unspecified atom stereocenters. The Morgan fingerprint density at radius 1 is 1.06 bits per heavy atom. The van der Waals surface area contributed by atoms with Gasteiger partial charge in [-0.2, -0.15) is 0 Å². The fraction of sp³-hybridized carbons (Fsp3) is 0.583. The van der Waals surface area contributed by atoms with E-state index >= 15 is 0 Å². The van der Waals surface area contributed by atoms with Crippen LogP contribution in [0.1, 0.15) is 51.0 Å². The molecule has 9 nitrogen and oxygen atoms in total. The van der Waals surface area contributed by atoms with E-state index in [0.29, 0.717) is 11.3 Å². The number of carbonyl (C=O) groups excluding carboxylic acids is 4. The molecule has 0 amide bonds. The van der Waals surface area contributed by atoms with E-state index in [2.05, 4.69) is 0 Å². The lowest BCUT2D eigenvalue weighted by atomic mass is 9.50. The molecule has 2 saturated carbocycles. The van der Waals surface area contributed by atoms with Gasteiger partial charge < -0.3 is 24.4 Å². The van der Waals surface area contributed by atoms with Gasteiger partial charge in [0.05, 0.1) is 37.8 Å². The second kappa shape index (κ2) is 9.61. The Morgan fingerprint density at radius 3 is 2.27 bits per heavy atom.